The first-order valence-electron chi connectivity index (χ1n) is 6.00. The van der Waals surface area contributed by atoms with Gasteiger partial charge in [0.25, 0.3) is 0 Å². The molecular weight excluding hydrogens is 202 g/mol. The fraction of sp³-hybridized carbons (Fsp3) is 0.615. The van der Waals surface area contributed by atoms with Crippen LogP contribution in [0.25, 0.3) is 0 Å². The van der Waals surface area contributed by atoms with Crippen LogP contribution in [-0.4, -0.2) is 17.2 Å². The molecule has 1 aromatic heterocycles. The summed E-state index contributed by atoms with van der Waals surface area (Å²) in [6.45, 7) is 0. The molecule has 3 heteroatoms. The van der Waals surface area contributed by atoms with Crippen molar-refractivity contribution in [1.29, 1.82) is 0 Å². The molecule has 1 N–H and O–H groups in total. The average molecular weight is 221 g/mol. The third-order valence-electron chi connectivity index (χ3n) is 3.35. The van der Waals surface area contributed by atoms with Crippen LogP contribution in [-0.2, 0) is 0 Å². The van der Waals surface area contributed by atoms with Crippen molar-refractivity contribution in [1.82, 2.24) is 4.98 Å². The molecule has 16 heavy (non-hydrogen) atoms. The Labute approximate surface area is 96.5 Å². The van der Waals surface area contributed by atoms with E-state index in [2.05, 4.69) is 4.98 Å². The van der Waals surface area contributed by atoms with Crippen molar-refractivity contribution >= 4 is 0 Å². The maximum Gasteiger partial charge on any atom is 0.213 e. The highest BCUT2D eigenvalue weighted by Crippen LogP contribution is 2.33. The third kappa shape index (κ3) is 2.53. The van der Waals surface area contributed by atoms with Crippen LogP contribution in [0.15, 0.2) is 18.2 Å². The van der Waals surface area contributed by atoms with E-state index in [0.717, 1.165) is 18.5 Å². The van der Waals surface area contributed by atoms with Crippen molar-refractivity contribution in [2.24, 2.45) is 5.92 Å². The van der Waals surface area contributed by atoms with Gasteiger partial charge in [-0.05, 0) is 24.8 Å². The first-order chi connectivity index (χ1) is 7.81. The Kier molecular flexibility index (Phi) is 3.78. The standard InChI is InChI=1S/C13H19NO2/c1-16-12-9-5-8-11(14-12)13(15)10-6-3-2-4-7-10/h5,8-10,13,15H,2-4,6-7H2,1H3. The van der Waals surface area contributed by atoms with Crippen LogP contribution in [0.3, 0.4) is 0 Å². The highest BCUT2D eigenvalue weighted by Gasteiger charge is 2.24. The van der Waals surface area contributed by atoms with Crippen LogP contribution in [0.4, 0.5) is 0 Å². The van der Waals surface area contributed by atoms with Gasteiger partial charge in [0.2, 0.25) is 5.88 Å². The fourth-order valence-electron chi connectivity index (χ4n) is 2.40. The molecule has 0 aromatic carbocycles. The van der Waals surface area contributed by atoms with Crippen molar-refractivity contribution in [3.8, 4) is 5.88 Å². The van der Waals surface area contributed by atoms with Crippen LogP contribution in [0, 0.1) is 5.92 Å². The summed E-state index contributed by atoms with van der Waals surface area (Å²) in [5.74, 6) is 0.945. The molecule has 0 aliphatic heterocycles. The number of hydrogen-bond acceptors (Lipinski definition) is 3. The Balaban J connectivity index is 2.09. The number of pyridine rings is 1. The number of aromatic nitrogens is 1. The van der Waals surface area contributed by atoms with Gasteiger partial charge in [0.05, 0.1) is 18.9 Å². The molecule has 1 saturated carbocycles. The maximum absolute atomic E-state index is 10.2. The second-order valence-electron chi connectivity index (χ2n) is 4.45. The zero-order valence-corrected chi connectivity index (χ0v) is 9.72. The van der Waals surface area contributed by atoms with Gasteiger partial charge in [-0.1, -0.05) is 25.3 Å². The molecule has 0 saturated heterocycles. The zero-order chi connectivity index (χ0) is 11.4. The summed E-state index contributed by atoms with van der Waals surface area (Å²) >= 11 is 0. The van der Waals surface area contributed by atoms with Crippen LogP contribution in [0.5, 0.6) is 5.88 Å². The van der Waals surface area contributed by atoms with Crippen LogP contribution in [0.1, 0.15) is 43.9 Å². The van der Waals surface area contributed by atoms with E-state index in [-0.39, 0.29) is 0 Å². The summed E-state index contributed by atoms with van der Waals surface area (Å²) in [5.41, 5.74) is 0.742. The number of aliphatic hydroxyl groups is 1. The van der Waals surface area contributed by atoms with Gasteiger partial charge in [0.15, 0.2) is 0 Å². The van der Waals surface area contributed by atoms with Gasteiger partial charge in [-0.15, -0.1) is 0 Å². The normalized spacial score (nSPS) is 19.4. The lowest BCUT2D eigenvalue weighted by Crippen LogP contribution is -2.17. The van der Waals surface area contributed by atoms with E-state index in [4.69, 9.17) is 4.74 Å². The van der Waals surface area contributed by atoms with Crippen molar-refractivity contribution in [2.45, 2.75) is 38.2 Å². The van der Waals surface area contributed by atoms with Crippen LogP contribution >= 0.6 is 0 Å². The molecule has 0 radical (unpaired) electrons. The molecule has 1 atom stereocenters. The van der Waals surface area contributed by atoms with Crippen molar-refractivity contribution in [3.63, 3.8) is 0 Å². The van der Waals surface area contributed by atoms with E-state index in [1.165, 1.54) is 19.3 Å². The molecule has 88 valence electrons. The minimum Gasteiger partial charge on any atom is -0.481 e. The van der Waals surface area contributed by atoms with Crippen LogP contribution in [0.2, 0.25) is 0 Å². The molecule has 1 aliphatic rings. The molecule has 2 rings (SSSR count). The smallest absolute Gasteiger partial charge is 0.213 e. The monoisotopic (exact) mass is 221 g/mol. The van der Waals surface area contributed by atoms with E-state index in [0.29, 0.717) is 11.8 Å². The van der Waals surface area contributed by atoms with E-state index in [1.54, 1.807) is 13.2 Å². The molecule has 3 nitrogen and oxygen atoms in total. The van der Waals surface area contributed by atoms with E-state index in [1.807, 2.05) is 12.1 Å². The molecule has 1 aromatic rings. The summed E-state index contributed by atoms with van der Waals surface area (Å²) in [7, 11) is 1.60. The second kappa shape index (κ2) is 5.30. The van der Waals surface area contributed by atoms with Crippen molar-refractivity contribution < 1.29 is 9.84 Å². The molecular formula is C13H19NO2. The first-order valence-corrected chi connectivity index (χ1v) is 6.00. The number of aliphatic hydroxyl groups excluding tert-OH is 1. The van der Waals surface area contributed by atoms with Gasteiger partial charge in [0.1, 0.15) is 0 Å². The Morgan fingerprint density at radius 2 is 2.06 bits per heavy atom. The number of methoxy groups -OCH3 is 1. The lowest BCUT2D eigenvalue weighted by Gasteiger charge is -2.26. The topological polar surface area (TPSA) is 42.4 Å². The summed E-state index contributed by atoms with van der Waals surface area (Å²) < 4.78 is 5.07. The molecule has 0 bridgehead atoms. The quantitative estimate of drug-likeness (QED) is 0.853. The first kappa shape index (κ1) is 11.4. The second-order valence-corrected chi connectivity index (χ2v) is 4.45. The van der Waals surface area contributed by atoms with Gasteiger partial charge in [0, 0.05) is 6.07 Å². The Morgan fingerprint density at radius 3 is 2.75 bits per heavy atom. The summed E-state index contributed by atoms with van der Waals surface area (Å²) in [4.78, 5) is 4.29. The van der Waals surface area contributed by atoms with Gasteiger partial charge in [-0.25, -0.2) is 4.98 Å². The molecule has 1 unspecified atom stereocenters. The van der Waals surface area contributed by atoms with Gasteiger partial charge in [-0.3, -0.25) is 0 Å². The SMILES string of the molecule is COc1cccc(C(O)C2CCCCC2)n1. The van der Waals surface area contributed by atoms with Crippen LogP contribution < -0.4 is 4.74 Å². The Morgan fingerprint density at radius 1 is 1.31 bits per heavy atom. The minimum absolute atomic E-state index is 0.369. The van der Waals surface area contributed by atoms with E-state index >= 15 is 0 Å². The lowest BCUT2D eigenvalue weighted by atomic mass is 9.84. The predicted molar refractivity (Wildman–Crippen MR) is 62.3 cm³/mol. The molecule has 0 amide bonds. The van der Waals surface area contributed by atoms with E-state index < -0.39 is 6.10 Å². The predicted octanol–water partition coefficient (Wildman–Crippen LogP) is 2.70. The average Bonchev–Trinajstić information content (AvgIpc) is 2.39. The number of rotatable bonds is 3. The number of ether oxygens (including phenoxy) is 1. The maximum atomic E-state index is 10.2. The Hall–Kier alpha value is -1.09. The minimum atomic E-state index is -0.435. The number of nitrogens with zero attached hydrogens (tertiary/aromatic N) is 1. The summed E-state index contributed by atoms with van der Waals surface area (Å²) in [6, 6.07) is 5.56. The zero-order valence-electron chi connectivity index (χ0n) is 9.72. The molecule has 1 aliphatic carbocycles. The molecule has 1 heterocycles. The van der Waals surface area contributed by atoms with Crippen molar-refractivity contribution in [3.05, 3.63) is 23.9 Å². The number of hydrogen-bond donors (Lipinski definition) is 1. The Bertz CT molecular complexity index is 334. The largest absolute Gasteiger partial charge is 0.481 e. The highest BCUT2D eigenvalue weighted by molar-refractivity contribution is 5.17. The molecule has 1 fully saturated rings. The van der Waals surface area contributed by atoms with Gasteiger partial charge >= 0.3 is 0 Å². The van der Waals surface area contributed by atoms with Gasteiger partial charge < -0.3 is 9.84 Å². The van der Waals surface area contributed by atoms with E-state index in [9.17, 15) is 5.11 Å². The molecule has 0 spiro atoms. The fourth-order valence-corrected chi connectivity index (χ4v) is 2.40. The third-order valence-corrected chi connectivity index (χ3v) is 3.35. The van der Waals surface area contributed by atoms with Crippen molar-refractivity contribution in [2.75, 3.05) is 7.11 Å². The summed E-state index contributed by atoms with van der Waals surface area (Å²) in [5, 5.41) is 10.2. The van der Waals surface area contributed by atoms with Gasteiger partial charge in [-0.2, -0.15) is 0 Å². The summed E-state index contributed by atoms with van der Waals surface area (Å²) in [6.07, 6.45) is 5.54. The lowest BCUT2D eigenvalue weighted by molar-refractivity contribution is 0.0806. The highest BCUT2D eigenvalue weighted by atomic mass is 16.5.